The zero-order chi connectivity index (χ0) is 38.4. The van der Waals surface area contributed by atoms with E-state index < -0.39 is 0 Å². The smallest absolute Gasteiger partial charge is 0.0541 e. The molecule has 11 rings (SSSR count). The molecule has 11 aromatic rings. The van der Waals surface area contributed by atoms with Crippen molar-refractivity contribution in [3.8, 4) is 45.0 Å². The van der Waals surface area contributed by atoms with E-state index in [9.17, 15) is 0 Å². The van der Waals surface area contributed by atoms with E-state index in [2.05, 4.69) is 249 Å². The number of anilines is 3. The predicted molar refractivity (Wildman–Crippen MR) is 242 cm³/mol. The molecule has 0 atom stereocenters. The van der Waals surface area contributed by atoms with Gasteiger partial charge in [-0.05, 0) is 120 Å². The minimum Gasteiger partial charge on any atom is -0.323 e. The molecule has 0 N–H and O–H groups in total. The molecule has 0 saturated carbocycles. The second-order valence-corrected chi connectivity index (χ2v) is 14.8. The summed E-state index contributed by atoms with van der Waals surface area (Å²) in [5, 5.41) is 2.43. The molecule has 0 spiro atoms. The summed E-state index contributed by atoms with van der Waals surface area (Å²) in [5.41, 5.74) is 16.1. The largest absolute Gasteiger partial charge is 0.323 e. The number of benzene rings is 7. The van der Waals surface area contributed by atoms with Crippen molar-refractivity contribution in [3.05, 3.63) is 231 Å². The van der Waals surface area contributed by atoms with Crippen molar-refractivity contribution in [2.45, 2.75) is 0 Å². The fraction of sp³-hybridized carbons (Fsp3) is 0. The van der Waals surface area contributed by atoms with Gasteiger partial charge in [-0.25, -0.2) is 0 Å². The normalized spacial score (nSPS) is 11.4. The molecule has 0 amide bonds. The van der Waals surface area contributed by atoms with Crippen LogP contribution in [0.25, 0.3) is 72.3 Å². The maximum atomic E-state index is 2.36. The summed E-state index contributed by atoms with van der Waals surface area (Å²) in [7, 11) is 0. The van der Waals surface area contributed by atoms with Crippen molar-refractivity contribution in [2.24, 2.45) is 0 Å². The molecule has 4 nitrogen and oxygen atoms in total. The van der Waals surface area contributed by atoms with E-state index in [-0.39, 0.29) is 0 Å². The molecule has 0 aliphatic rings. The van der Waals surface area contributed by atoms with Crippen LogP contribution in [0.3, 0.4) is 0 Å². The molecule has 0 fully saturated rings. The second kappa shape index (κ2) is 14.0. The van der Waals surface area contributed by atoms with Gasteiger partial charge >= 0.3 is 0 Å². The standard InChI is InChI=1S/C54H38N4/c1-3-15-45(16-4-1)57-51-20-9-7-13-42(51)36-53(57)40-24-30-48(31-25-40)56(47-28-22-39(23-29-47)44-35-50-19-11-12-34-55(50)38-44)49-32-26-41(27-33-49)54-37-43-14-8-10-21-52(43)58(54)46-17-5-2-6-18-46/h1-38H. The minimum atomic E-state index is 1.08. The van der Waals surface area contributed by atoms with Gasteiger partial charge in [0.25, 0.3) is 0 Å². The zero-order valence-electron chi connectivity index (χ0n) is 31.7. The Balaban J connectivity index is 1.01. The van der Waals surface area contributed by atoms with Crippen molar-refractivity contribution in [3.63, 3.8) is 0 Å². The van der Waals surface area contributed by atoms with Gasteiger partial charge in [0.2, 0.25) is 0 Å². The number of nitrogens with zero attached hydrogens (tertiary/aromatic N) is 4. The summed E-state index contributed by atoms with van der Waals surface area (Å²) >= 11 is 0. The van der Waals surface area contributed by atoms with Crippen molar-refractivity contribution in [2.75, 3.05) is 4.90 Å². The Hall–Kier alpha value is -7.82. The summed E-state index contributed by atoms with van der Waals surface area (Å²) in [5.74, 6) is 0. The average molecular weight is 743 g/mol. The Kier molecular flexibility index (Phi) is 8.11. The fourth-order valence-electron chi connectivity index (χ4n) is 8.47. The Morgan fingerprint density at radius 3 is 1.24 bits per heavy atom. The lowest BCUT2D eigenvalue weighted by molar-refractivity contribution is 1.13. The van der Waals surface area contributed by atoms with Crippen LogP contribution in [0.4, 0.5) is 17.1 Å². The van der Waals surface area contributed by atoms with E-state index in [0.717, 1.165) is 51.0 Å². The van der Waals surface area contributed by atoms with Gasteiger partial charge < -0.3 is 18.4 Å². The highest BCUT2D eigenvalue weighted by Crippen LogP contribution is 2.40. The lowest BCUT2D eigenvalue weighted by Gasteiger charge is -2.26. The molecule has 0 radical (unpaired) electrons. The van der Waals surface area contributed by atoms with Gasteiger partial charge in [-0.15, -0.1) is 0 Å². The molecule has 58 heavy (non-hydrogen) atoms. The second-order valence-electron chi connectivity index (χ2n) is 14.8. The van der Waals surface area contributed by atoms with Crippen LogP contribution in [0, 0.1) is 0 Å². The number of hydrogen-bond acceptors (Lipinski definition) is 1. The van der Waals surface area contributed by atoms with Gasteiger partial charge in [0.05, 0.1) is 22.4 Å². The SMILES string of the molecule is c1ccc(-n2c(-c3ccc(N(c4ccc(-c5cc6ccccn6c5)cc4)c4ccc(-c5cc6ccccc6n5-c5ccccc5)cc4)cc3)cc3ccccc32)cc1. The number of fused-ring (bicyclic) bond motifs is 3. The molecule has 4 heterocycles. The average Bonchev–Trinajstić information content (AvgIpc) is 4.02. The molecular weight excluding hydrogens is 705 g/mol. The van der Waals surface area contributed by atoms with E-state index >= 15 is 0 Å². The summed E-state index contributed by atoms with van der Waals surface area (Å²) in [4.78, 5) is 2.35. The van der Waals surface area contributed by atoms with Gasteiger partial charge in [-0.1, -0.05) is 115 Å². The first-order valence-corrected chi connectivity index (χ1v) is 19.8. The molecule has 4 heteroatoms. The monoisotopic (exact) mass is 742 g/mol. The van der Waals surface area contributed by atoms with Gasteiger partial charge in [-0.3, -0.25) is 0 Å². The first-order chi connectivity index (χ1) is 28.7. The molecule has 7 aromatic carbocycles. The van der Waals surface area contributed by atoms with Crippen molar-refractivity contribution in [1.29, 1.82) is 0 Å². The Labute approximate surface area is 337 Å². The molecule has 0 aliphatic carbocycles. The summed E-state index contributed by atoms with van der Waals surface area (Å²) in [6.45, 7) is 0. The predicted octanol–water partition coefficient (Wildman–Crippen LogP) is 14.3. The van der Waals surface area contributed by atoms with E-state index in [4.69, 9.17) is 0 Å². The third-order valence-corrected chi connectivity index (χ3v) is 11.3. The number of pyridine rings is 1. The summed E-state index contributed by atoms with van der Waals surface area (Å²) in [6.07, 6.45) is 4.30. The number of para-hydroxylation sites is 4. The number of rotatable bonds is 8. The fourth-order valence-corrected chi connectivity index (χ4v) is 8.47. The Morgan fingerprint density at radius 1 is 0.328 bits per heavy atom. The van der Waals surface area contributed by atoms with Gasteiger partial charge in [0.15, 0.2) is 0 Å². The molecule has 0 bridgehead atoms. The Morgan fingerprint density at radius 2 is 0.759 bits per heavy atom. The lowest BCUT2D eigenvalue weighted by Crippen LogP contribution is -2.10. The minimum absolute atomic E-state index is 1.08. The first kappa shape index (κ1) is 33.5. The van der Waals surface area contributed by atoms with E-state index in [1.807, 2.05) is 0 Å². The molecule has 274 valence electrons. The highest BCUT2D eigenvalue weighted by Gasteiger charge is 2.18. The topological polar surface area (TPSA) is 17.5 Å². The zero-order valence-corrected chi connectivity index (χ0v) is 31.7. The van der Waals surface area contributed by atoms with E-state index in [1.54, 1.807) is 0 Å². The van der Waals surface area contributed by atoms with E-state index in [1.165, 1.54) is 38.4 Å². The molecular formula is C54H38N4. The number of hydrogen-bond donors (Lipinski definition) is 0. The molecule has 4 aromatic heterocycles. The Bertz CT molecular complexity index is 2990. The lowest BCUT2D eigenvalue weighted by atomic mass is 10.1. The van der Waals surface area contributed by atoms with Gasteiger partial charge in [0.1, 0.15) is 0 Å². The van der Waals surface area contributed by atoms with Crippen LogP contribution in [0.5, 0.6) is 0 Å². The van der Waals surface area contributed by atoms with E-state index in [0.29, 0.717) is 0 Å². The van der Waals surface area contributed by atoms with Crippen molar-refractivity contribution >= 4 is 44.4 Å². The van der Waals surface area contributed by atoms with Crippen LogP contribution in [-0.4, -0.2) is 13.5 Å². The maximum absolute atomic E-state index is 2.36. The highest BCUT2D eigenvalue weighted by atomic mass is 15.1. The molecule has 0 aliphatic heterocycles. The van der Waals surface area contributed by atoms with Crippen molar-refractivity contribution < 1.29 is 0 Å². The maximum Gasteiger partial charge on any atom is 0.0541 e. The van der Waals surface area contributed by atoms with Crippen LogP contribution in [-0.2, 0) is 0 Å². The van der Waals surface area contributed by atoms with Crippen LogP contribution in [0.15, 0.2) is 231 Å². The highest BCUT2D eigenvalue weighted by molar-refractivity contribution is 5.91. The summed E-state index contributed by atoms with van der Waals surface area (Å²) in [6, 6.07) is 78.6. The third kappa shape index (κ3) is 5.87. The van der Waals surface area contributed by atoms with Crippen molar-refractivity contribution in [1.82, 2.24) is 13.5 Å². The van der Waals surface area contributed by atoms with Crippen LogP contribution in [0.1, 0.15) is 0 Å². The first-order valence-electron chi connectivity index (χ1n) is 19.8. The quantitative estimate of drug-likeness (QED) is 0.152. The van der Waals surface area contributed by atoms with Crippen LogP contribution >= 0.6 is 0 Å². The third-order valence-electron chi connectivity index (χ3n) is 11.3. The van der Waals surface area contributed by atoms with Gasteiger partial charge in [-0.2, -0.15) is 0 Å². The van der Waals surface area contributed by atoms with Crippen LogP contribution < -0.4 is 4.90 Å². The van der Waals surface area contributed by atoms with Crippen LogP contribution in [0.2, 0.25) is 0 Å². The summed E-state index contributed by atoms with van der Waals surface area (Å²) < 4.78 is 6.90. The molecule has 0 unspecified atom stereocenters. The van der Waals surface area contributed by atoms with Gasteiger partial charge in [0, 0.05) is 62.7 Å². The molecule has 0 saturated heterocycles. The number of aromatic nitrogens is 3.